The van der Waals surface area contributed by atoms with E-state index in [4.69, 9.17) is 4.18 Å². The average molecular weight is 317 g/mol. The topological polar surface area (TPSA) is 80.8 Å². The van der Waals surface area contributed by atoms with Crippen LogP contribution in [-0.4, -0.2) is 51.0 Å². The first-order valence-electron chi connectivity index (χ1n) is 7.42. The molecule has 0 aromatic carbocycles. The number of carbonyl (C=O) groups is 2. The molecular weight excluding hydrogens is 294 g/mol. The number of Topliss-reactive ketones (excluding diaryl/α,β-unsaturated/α-hetero) is 1. The van der Waals surface area contributed by atoms with Gasteiger partial charge >= 0.3 is 0 Å². The van der Waals surface area contributed by atoms with Crippen LogP contribution in [0, 0.1) is 17.8 Å². The van der Waals surface area contributed by atoms with E-state index in [2.05, 4.69) is 0 Å². The van der Waals surface area contributed by atoms with Gasteiger partial charge in [-0.05, 0) is 30.6 Å². The summed E-state index contributed by atoms with van der Waals surface area (Å²) in [6, 6.07) is 0. The van der Waals surface area contributed by atoms with Crippen molar-refractivity contribution in [1.82, 2.24) is 4.90 Å². The minimum Gasteiger partial charge on any atom is -0.342 e. The molecule has 120 valence electrons. The maximum atomic E-state index is 12.0. The fraction of sp³-hybridized carbons (Fsp3) is 0.857. The molecule has 1 unspecified atom stereocenters. The molecule has 1 saturated carbocycles. The van der Waals surface area contributed by atoms with E-state index in [1.54, 1.807) is 11.8 Å². The lowest BCUT2D eigenvalue weighted by atomic mass is 10.0. The molecule has 0 aromatic heterocycles. The SMILES string of the molecule is CCC(=O)CC(=O)N1C[C@H]2CC(COS(C)(=O)=O)C[C@H]2C1. The van der Waals surface area contributed by atoms with Crippen molar-refractivity contribution in [2.75, 3.05) is 26.0 Å². The Morgan fingerprint density at radius 3 is 2.24 bits per heavy atom. The Morgan fingerprint density at radius 2 is 1.76 bits per heavy atom. The lowest BCUT2D eigenvalue weighted by Gasteiger charge is -2.18. The fourth-order valence-corrected chi connectivity index (χ4v) is 3.83. The Hall–Kier alpha value is -0.950. The highest BCUT2D eigenvalue weighted by atomic mass is 32.2. The van der Waals surface area contributed by atoms with Crippen molar-refractivity contribution in [3.8, 4) is 0 Å². The van der Waals surface area contributed by atoms with Gasteiger partial charge in [0.05, 0.1) is 19.3 Å². The van der Waals surface area contributed by atoms with Gasteiger partial charge in [0, 0.05) is 19.5 Å². The van der Waals surface area contributed by atoms with Crippen molar-refractivity contribution < 1.29 is 22.2 Å². The molecule has 2 rings (SSSR count). The summed E-state index contributed by atoms with van der Waals surface area (Å²) < 4.78 is 26.9. The van der Waals surface area contributed by atoms with Gasteiger partial charge in [-0.15, -0.1) is 0 Å². The molecule has 0 radical (unpaired) electrons. The number of fused-ring (bicyclic) bond motifs is 1. The first-order chi connectivity index (χ1) is 9.78. The summed E-state index contributed by atoms with van der Waals surface area (Å²) in [5.41, 5.74) is 0. The second kappa shape index (κ2) is 6.44. The van der Waals surface area contributed by atoms with Gasteiger partial charge in [0.1, 0.15) is 5.78 Å². The second-order valence-corrected chi connectivity index (χ2v) is 7.86. The monoisotopic (exact) mass is 317 g/mol. The molecular formula is C14H23NO5S. The van der Waals surface area contributed by atoms with Crippen molar-refractivity contribution in [3.05, 3.63) is 0 Å². The van der Waals surface area contributed by atoms with Gasteiger partial charge in [-0.25, -0.2) is 0 Å². The number of carbonyl (C=O) groups excluding carboxylic acids is 2. The number of hydrogen-bond donors (Lipinski definition) is 0. The molecule has 1 aliphatic heterocycles. The third-order valence-electron chi connectivity index (χ3n) is 4.46. The van der Waals surface area contributed by atoms with Gasteiger partial charge in [-0.1, -0.05) is 6.92 Å². The molecule has 0 aromatic rings. The third-order valence-corrected chi connectivity index (χ3v) is 5.03. The molecule has 7 heteroatoms. The molecule has 21 heavy (non-hydrogen) atoms. The minimum atomic E-state index is -3.38. The van der Waals surface area contributed by atoms with Gasteiger partial charge in [0.25, 0.3) is 10.1 Å². The molecule has 1 saturated heterocycles. The number of hydrogen-bond acceptors (Lipinski definition) is 5. The molecule has 0 N–H and O–H groups in total. The van der Waals surface area contributed by atoms with Crippen LogP contribution in [0.25, 0.3) is 0 Å². The lowest BCUT2D eigenvalue weighted by molar-refractivity contribution is -0.134. The summed E-state index contributed by atoms with van der Waals surface area (Å²) >= 11 is 0. The first kappa shape index (κ1) is 16.4. The van der Waals surface area contributed by atoms with Crippen LogP contribution in [0.15, 0.2) is 0 Å². The van der Waals surface area contributed by atoms with Crippen LogP contribution in [0.4, 0.5) is 0 Å². The summed E-state index contributed by atoms with van der Waals surface area (Å²) in [6.45, 7) is 3.39. The maximum Gasteiger partial charge on any atom is 0.264 e. The van der Waals surface area contributed by atoms with E-state index in [1.165, 1.54) is 0 Å². The van der Waals surface area contributed by atoms with Crippen LogP contribution in [0.2, 0.25) is 0 Å². The van der Waals surface area contributed by atoms with Crippen molar-refractivity contribution in [1.29, 1.82) is 0 Å². The predicted octanol–water partition coefficient (Wildman–Crippen LogP) is 0.816. The normalized spacial score (nSPS) is 28.7. The summed E-state index contributed by atoms with van der Waals surface area (Å²) in [6.07, 6.45) is 3.26. The molecule has 1 amide bonds. The van der Waals surface area contributed by atoms with E-state index in [9.17, 15) is 18.0 Å². The van der Waals surface area contributed by atoms with Crippen LogP contribution in [0.5, 0.6) is 0 Å². The zero-order valence-corrected chi connectivity index (χ0v) is 13.4. The Bertz CT molecular complexity index is 501. The molecule has 3 atom stereocenters. The molecule has 1 aliphatic carbocycles. The lowest BCUT2D eigenvalue weighted by Crippen LogP contribution is -2.31. The highest BCUT2D eigenvalue weighted by molar-refractivity contribution is 7.85. The van der Waals surface area contributed by atoms with E-state index in [0.29, 0.717) is 31.3 Å². The van der Waals surface area contributed by atoms with E-state index in [0.717, 1.165) is 19.1 Å². The predicted molar refractivity (Wildman–Crippen MR) is 77.0 cm³/mol. The number of likely N-dealkylation sites (tertiary alicyclic amines) is 1. The molecule has 2 fully saturated rings. The molecule has 6 nitrogen and oxygen atoms in total. The van der Waals surface area contributed by atoms with Crippen LogP contribution < -0.4 is 0 Å². The fourth-order valence-electron chi connectivity index (χ4n) is 3.39. The van der Waals surface area contributed by atoms with E-state index < -0.39 is 10.1 Å². The highest BCUT2D eigenvalue weighted by Gasteiger charge is 2.42. The van der Waals surface area contributed by atoms with Crippen LogP contribution in [-0.2, 0) is 23.9 Å². The smallest absolute Gasteiger partial charge is 0.264 e. The van der Waals surface area contributed by atoms with Crippen LogP contribution >= 0.6 is 0 Å². The number of amides is 1. The minimum absolute atomic E-state index is 0.0105. The maximum absolute atomic E-state index is 12.0. The van der Waals surface area contributed by atoms with Crippen LogP contribution in [0.3, 0.4) is 0 Å². The number of rotatable bonds is 6. The number of ketones is 1. The Morgan fingerprint density at radius 1 is 1.19 bits per heavy atom. The summed E-state index contributed by atoms with van der Waals surface area (Å²) in [7, 11) is -3.38. The Labute approximate surface area is 126 Å². The molecule has 0 spiro atoms. The second-order valence-electron chi connectivity index (χ2n) is 6.21. The molecule has 2 aliphatic rings. The quantitative estimate of drug-likeness (QED) is 0.535. The van der Waals surface area contributed by atoms with Gasteiger partial charge in [-0.3, -0.25) is 13.8 Å². The van der Waals surface area contributed by atoms with Gasteiger partial charge in [-0.2, -0.15) is 8.42 Å². The molecule has 1 heterocycles. The van der Waals surface area contributed by atoms with Crippen LogP contribution in [0.1, 0.15) is 32.6 Å². The summed E-state index contributed by atoms with van der Waals surface area (Å²) in [5.74, 6) is 0.999. The largest absolute Gasteiger partial charge is 0.342 e. The first-order valence-corrected chi connectivity index (χ1v) is 9.24. The van der Waals surface area contributed by atoms with Gasteiger partial charge in [0.2, 0.25) is 5.91 Å². The molecule has 0 bridgehead atoms. The highest BCUT2D eigenvalue weighted by Crippen LogP contribution is 2.41. The van der Waals surface area contributed by atoms with Crippen molar-refractivity contribution >= 4 is 21.8 Å². The van der Waals surface area contributed by atoms with E-state index in [1.807, 2.05) is 0 Å². The van der Waals surface area contributed by atoms with Gasteiger partial charge < -0.3 is 4.90 Å². The Kier molecular flexibility index (Phi) is 5.03. The average Bonchev–Trinajstić information content (AvgIpc) is 2.93. The zero-order chi connectivity index (χ0) is 15.6. The third kappa shape index (κ3) is 4.51. The van der Waals surface area contributed by atoms with Crippen molar-refractivity contribution in [2.24, 2.45) is 17.8 Å². The Balaban J connectivity index is 1.79. The van der Waals surface area contributed by atoms with Gasteiger partial charge in [0.15, 0.2) is 0 Å². The number of nitrogens with zero attached hydrogens (tertiary/aromatic N) is 1. The zero-order valence-electron chi connectivity index (χ0n) is 12.6. The standard InChI is InChI=1S/C14H23NO5S/c1-3-13(16)6-14(17)15-7-11-4-10(5-12(11)8-15)9-20-21(2,18)19/h10-12H,3-9H2,1-2H3/t10?,11-,12+. The van der Waals surface area contributed by atoms with E-state index >= 15 is 0 Å². The van der Waals surface area contributed by atoms with E-state index in [-0.39, 0.29) is 30.6 Å². The summed E-state index contributed by atoms with van der Waals surface area (Å²) in [5, 5.41) is 0. The van der Waals surface area contributed by atoms with Crippen molar-refractivity contribution in [2.45, 2.75) is 32.6 Å². The summed E-state index contributed by atoms with van der Waals surface area (Å²) in [4.78, 5) is 25.1. The van der Waals surface area contributed by atoms with Crippen molar-refractivity contribution in [3.63, 3.8) is 0 Å².